The number of amidine groups is 1. The predicted octanol–water partition coefficient (Wildman–Crippen LogP) is 3.93. The van der Waals surface area contributed by atoms with E-state index >= 15 is 0 Å². The number of rotatable bonds is 4. The molecule has 1 unspecified atom stereocenters. The summed E-state index contributed by atoms with van der Waals surface area (Å²) in [5.41, 5.74) is 3.24. The van der Waals surface area contributed by atoms with Crippen LogP contribution in [0.2, 0.25) is 0 Å². The van der Waals surface area contributed by atoms with Crippen LogP contribution in [-0.4, -0.2) is 61.9 Å². The molecule has 0 aliphatic carbocycles. The first-order valence-corrected chi connectivity index (χ1v) is 12.9. The topological polar surface area (TPSA) is 111 Å². The van der Waals surface area contributed by atoms with Crippen LogP contribution >= 0.6 is 0 Å². The summed E-state index contributed by atoms with van der Waals surface area (Å²) in [5.74, 6) is 0.171. The maximum absolute atomic E-state index is 13.7. The summed E-state index contributed by atoms with van der Waals surface area (Å²) in [6.45, 7) is 3.46. The predicted molar refractivity (Wildman–Crippen MR) is 139 cm³/mol. The van der Waals surface area contributed by atoms with Gasteiger partial charge in [0.25, 0.3) is 5.72 Å². The van der Waals surface area contributed by atoms with E-state index in [1.165, 1.54) is 12.1 Å². The smallest absolute Gasteiger partial charge is 0.277 e. The zero-order valence-corrected chi connectivity index (χ0v) is 21.4. The zero-order chi connectivity index (χ0) is 26.6. The lowest BCUT2D eigenvalue weighted by Crippen LogP contribution is -2.57. The molecule has 4 aromatic rings. The van der Waals surface area contributed by atoms with Crippen LogP contribution in [0.5, 0.6) is 0 Å². The van der Waals surface area contributed by atoms with E-state index < -0.39 is 18.1 Å². The molecule has 1 aromatic carbocycles. The van der Waals surface area contributed by atoms with Gasteiger partial charge in [-0.15, -0.1) is 0 Å². The number of aliphatic hydroxyl groups is 1. The van der Waals surface area contributed by atoms with E-state index in [0.29, 0.717) is 36.9 Å². The molecule has 3 aliphatic rings. The van der Waals surface area contributed by atoms with Crippen molar-refractivity contribution in [3.05, 3.63) is 77.5 Å². The third-order valence-electron chi connectivity index (χ3n) is 8.07. The van der Waals surface area contributed by atoms with Gasteiger partial charge < -0.3 is 28.7 Å². The number of imidazole rings is 1. The van der Waals surface area contributed by atoms with Gasteiger partial charge in [-0.2, -0.15) is 0 Å². The lowest BCUT2D eigenvalue weighted by Gasteiger charge is -2.48. The number of pyridine rings is 1. The number of oxime groups is 1. The number of nitrogens with zero attached hydrogens (tertiary/aromatic N) is 6. The quantitative estimate of drug-likeness (QED) is 0.423. The summed E-state index contributed by atoms with van der Waals surface area (Å²) in [7, 11) is 0. The number of benzene rings is 1. The summed E-state index contributed by atoms with van der Waals surface area (Å²) in [4.78, 5) is 16.6. The van der Waals surface area contributed by atoms with Crippen molar-refractivity contribution in [3.63, 3.8) is 0 Å². The van der Waals surface area contributed by atoms with Crippen LogP contribution < -0.4 is 0 Å². The molecule has 3 aliphatic heterocycles. The Labute approximate surface area is 223 Å². The normalized spacial score (nSPS) is 23.3. The van der Waals surface area contributed by atoms with Gasteiger partial charge in [0.05, 0.1) is 35.5 Å². The first kappa shape index (κ1) is 24.0. The molecule has 0 amide bonds. The Morgan fingerprint density at radius 3 is 2.74 bits per heavy atom. The molecule has 3 aromatic heterocycles. The van der Waals surface area contributed by atoms with E-state index in [2.05, 4.69) is 26.4 Å². The number of halogens is 1. The molecule has 1 atom stereocenters. The zero-order valence-electron chi connectivity index (χ0n) is 21.4. The summed E-state index contributed by atoms with van der Waals surface area (Å²) >= 11 is 0. The van der Waals surface area contributed by atoms with E-state index in [4.69, 9.17) is 14.1 Å². The van der Waals surface area contributed by atoms with Crippen LogP contribution in [0, 0.1) is 18.2 Å². The molecular weight excluding hydrogens is 503 g/mol. The largest absolute Gasteiger partial charge is 0.390 e. The van der Waals surface area contributed by atoms with Crippen molar-refractivity contribution in [3.8, 4) is 5.69 Å². The van der Waals surface area contributed by atoms with Gasteiger partial charge in [0.1, 0.15) is 18.1 Å². The maximum Gasteiger partial charge on any atom is 0.277 e. The maximum atomic E-state index is 13.7. The molecule has 2 saturated heterocycles. The fraction of sp³-hybridized carbons (Fsp3) is 0.357. The van der Waals surface area contributed by atoms with Gasteiger partial charge in [0.15, 0.2) is 11.4 Å². The van der Waals surface area contributed by atoms with E-state index in [0.717, 1.165) is 53.4 Å². The number of hydrogen-bond donors (Lipinski definition) is 1. The molecule has 6 heterocycles. The molecule has 39 heavy (non-hydrogen) atoms. The number of aliphatic hydroxyl groups excluding tert-OH is 1. The minimum atomic E-state index is -1.34. The van der Waals surface area contributed by atoms with Crippen molar-refractivity contribution in [2.24, 2.45) is 10.6 Å². The SMILES string of the molecule is Cc1cn(-c2ccc(/C=C3\CC4(CCOCC4)CN4C3=NOC4(CO)c3ccc(F)cn3)c3cnoc23)cn1. The lowest BCUT2D eigenvalue weighted by atomic mass is 9.71. The summed E-state index contributed by atoms with van der Waals surface area (Å²) < 4.78 is 27.0. The Bertz CT molecular complexity index is 1600. The summed E-state index contributed by atoms with van der Waals surface area (Å²) in [5, 5.41) is 20.1. The Balaban J connectivity index is 1.34. The highest BCUT2D eigenvalue weighted by molar-refractivity contribution is 6.05. The van der Waals surface area contributed by atoms with Crippen LogP contribution in [0.1, 0.15) is 36.2 Å². The number of aryl methyl sites for hydroxylation is 1. The average Bonchev–Trinajstić information content (AvgIpc) is 3.69. The molecule has 2 fully saturated rings. The Hall–Kier alpha value is -4.09. The average molecular weight is 531 g/mol. The third-order valence-corrected chi connectivity index (χ3v) is 8.07. The second-order valence-corrected chi connectivity index (χ2v) is 10.5. The van der Waals surface area contributed by atoms with Gasteiger partial charge in [-0.3, -0.25) is 4.98 Å². The van der Waals surface area contributed by atoms with Gasteiger partial charge in [0, 0.05) is 26.0 Å². The fourth-order valence-electron chi connectivity index (χ4n) is 5.97. The molecule has 11 heteroatoms. The molecule has 0 bridgehead atoms. The number of ether oxygens (including phenoxy) is 1. The van der Waals surface area contributed by atoms with Crippen molar-refractivity contribution in [1.82, 2.24) is 24.6 Å². The van der Waals surface area contributed by atoms with Crippen LogP contribution in [0.4, 0.5) is 4.39 Å². The highest BCUT2D eigenvalue weighted by Crippen LogP contribution is 2.49. The van der Waals surface area contributed by atoms with E-state index in [1.807, 2.05) is 34.7 Å². The minimum absolute atomic E-state index is 0.112. The number of piperidine rings is 1. The fourth-order valence-corrected chi connectivity index (χ4v) is 5.97. The second kappa shape index (κ2) is 8.99. The van der Waals surface area contributed by atoms with E-state index in [9.17, 15) is 9.50 Å². The van der Waals surface area contributed by atoms with Crippen molar-refractivity contribution >= 4 is 22.9 Å². The molecule has 200 valence electrons. The first-order chi connectivity index (χ1) is 19.0. The number of aromatic nitrogens is 4. The third kappa shape index (κ3) is 3.83. The van der Waals surface area contributed by atoms with Gasteiger partial charge in [-0.05, 0) is 67.0 Å². The number of fused-ring (bicyclic) bond motifs is 2. The standard InChI is InChI=1S/C28H27FN6O4/c1-18-14-34(17-31-18)23-4-2-19(22-13-32-38-25(22)23)10-20-11-27(6-8-37-9-7-27)15-35-26(20)33-39-28(35,16-36)24-5-3-21(29)12-30-24/h2-5,10,12-14,17,36H,6-9,11,15-16H2,1H3/b20-10+. The first-order valence-electron chi connectivity index (χ1n) is 12.9. The summed E-state index contributed by atoms with van der Waals surface area (Å²) in [6, 6.07) is 6.87. The van der Waals surface area contributed by atoms with Crippen molar-refractivity contribution in [2.45, 2.75) is 31.9 Å². The van der Waals surface area contributed by atoms with Crippen LogP contribution in [-0.2, 0) is 15.3 Å². The molecule has 10 nitrogen and oxygen atoms in total. The van der Waals surface area contributed by atoms with Crippen LogP contribution in [0.3, 0.4) is 0 Å². The van der Waals surface area contributed by atoms with Crippen LogP contribution in [0.25, 0.3) is 22.7 Å². The monoisotopic (exact) mass is 530 g/mol. The highest BCUT2D eigenvalue weighted by atomic mass is 19.1. The molecule has 7 rings (SSSR count). The lowest BCUT2D eigenvalue weighted by molar-refractivity contribution is -0.153. The Morgan fingerprint density at radius 2 is 2.00 bits per heavy atom. The summed E-state index contributed by atoms with van der Waals surface area (Å²) in [6.07, 6.45) is 11.1. The Morgan fingerprint density at radius 1 is 1.13 bits per heavy atom. The second-order valence-electron chi connectivity index (χ2n) is 10.5. The highest BCUT2D eigenvalue weighted by Gasteiger charge is 2.55. The van der Waals surface area contributed by atoms with E-state index in [-0.39, 0.29) is 5.41 Å². The van der Waals surface area contributed by atoms with Gasteiger partial charge in [-0.25, -0.2) is 9.37 Å². The van der Waals surface area contributed by atoms with Crippen molar-refractivity contribution in [1.29, 1.82) is 0 Å². The van der Waals surface area contributed by atoms with Crippen molar-refractivity contribution in [2.75, 3.05) is 26.4 Å². The van der Waals surface area contributed by atoms with Crippen LogP contribution in [0.15, 0.2) is 64.4 Å². The minimum Gasteiger partial charge on any atom is -0.390 e. The Kier molecular flexibility index (Phi) is 5.53. The van der Waals surface area contributed by atoms with Crippen molar-refractivity contribution < 1.29 is 23.6 Å². The molecule has 1 spiro atoms. The molecular formula is C28H27FN6O4. The van der Waals surface area contributed by atoms with Gasteiger partial charge in [0.2, 0.25) is 0 Å². The number of hydrogen-bond acceptors (Lipinski definition) is 9. The molecule has 0 radical (unpaired) electrons. The van der Waals surface area contributed by atoms with Gasteiger partial charge in [-0.1, -0.05) is 16.4 Å². The van der Waals surface area contributed by atoms with E-state index in [1.54, 1.807) is 12.5 Å². The van der Waals surface area contributed by atoms with Gasteiger partial charge >= 0.3 is 0 Å². The molecule has 0 saturated carbocycles. The molecule has 1 N–H and O–H groups in total.